The number of nitrogens with one attached hydrogen (secondary N) is 1. The Kier molecular flexibility index (Phi) is 3.82. The number of carbonyl (C=O) groups is 1. The summed E-state index contributed by atoms with van der Waals surface area (Å²) in [6, 6.07) is 11.5. The molecule has 0 spiro atoms. The summed E-state index contributed by atoms with van der Waals surface area (Å²) in [6.07, 6.45) is 4.53. The Morgan fingerprint density at radius 3 is 3.04 bits per heavy atom. The molecule has 1 amide bonds. The number of rotatable bonds is 4. The topological polar surface area (TPSA) is 85.8 Å². The summed E-state index contributed by atoms with van der Waals surface area (Å²) < 4.78 is 5.45. The van der Waals surface area contributed by atoms with Gasteiger partial charge in [0.1, 0.15) is 12.3 Å². The van der Waals surface area contributed by atoms with Gasteiger partial charge in [0.25, 0.3) is 0 Å². The van der Waals surface area contributed by atoms with Crippen LogP contribution in [-0.4, -0.2) is 26.1 Å². The van der Waals surface area contributed by atoms with Crippen LogP contribution in [0.5, 0.6) is 0 Å². The number of aromatic nitrogens is 4. The summed E-state index contributed by atoms with van der Waals surface area (Å²) in [5, 5.41) is 15.3. The molecule has 122 valence electrons. The lowest BCUT2D eigenvalue weighted by atomic mass is 9.93. The molecule has 0 saturated carbocycles. The number of aryl methyl sites for hydroxylation is 1. The van der Waals surface area contributed by atoms with E-state index in [1.54, 1.807) is 6.26 Å². The number of benzene rings is 1. The SMILES string of the molecule is O=C(Cn1nnc(-c2ccccc2)n1)N[C@H]1CCCc2occc21. The van der Waals surface area contributed by atoms with Crippen LogP contribution in [0.15, 0.2) is 47.1 Å². The number of carbonyl (C=O) groups excluding carboxylic acids is 1. The molecule has 3 aromatic rings. The first-order valence-corrected chi connectivity index (χ1v) is 7.98. The van der Waals surface area contributed by atoms with E-state index in [4.69, 9.17) is 4.42 Å². The molecule has 2 aromatic heterocycles. The Balaban J connectivity index is 1.42. The van der Waals surface area contributed by atoms with Gasteiger partial charge in [-0.1, -0.05) is 30.3 Å². The summed E-state index contributed by atoms with van der Waals surface area (Å²) in [6.45, 7) is 0.0452. The predicted molar refractivity (Wildman–Crippen MR) is 85.8 cm³/mol. The molecule has 1 atom stereocenters. The van der Waals surface area contributed by atoms with Crippen LogP contribution in [0.3, 0.4) is 0 Å². The van der Waals surface area contributed by atoms with Gasteiger partial charge in [-0.05, 0) is 24.1 Å². The van der Waals surface area contributed by atoms with Gasteiger partial charge in [-0.15, -0.1) is 10.2 Å². The van der Waals surface area contributed by atoms with Crippen LogP contribution in [0, 0.1) is 0 Å². The normalized spacial score (nSPS) is 16.6. The van der Waals surface area contributed by atoms with Crippen molar-refractivity contribution in [3.63, 3.8) is 0 Å². The summed E-state index contributed by atoms with van der Waals surface area (Å²) in [5.41, 5.74) is 1.95. The highest BCUT2D eigenvalue weighted by molar-refractivity contribution is 5.76. The Bertz CT molecular complexity index is 840. The largest absolute Gasteiger partial charge is 0.469 e. The molecule has 0 radical (unpaired) electrons. The molecular formula is C17H17N5O2. The third-order valence-electron chi connectivity index (χ3n) is 4.16. The monoisotopic (exact) mass is 323 g/mol. The second-order valence-electron chi connectivity index (χ2n) is 5.82. The highest BCUT2D eigenvalue weighted by Gasteiger charge is 2.24. The molecule has 7 heteroatoms. The molecule has 24 heavy (non-hydrogen) atoms. The molecule has 2 heterocycles. The maximum absolute atomic E-state index is 12.3. The fraction of sp³-hybridized carbons (Fsp3) is 0.294. The fourth-order valence-electron chi connectivity index (χ4n) is 3.02. The maximum atomic E-state index is 12.3. The quantitative estimate of drug-likeness (QED) is 0.795. The van der Waals surface area contributed by atoms with Crippen LogP contribution in [0.1, 0.15) is 30.2 Å². The van der Waals surface area contributed by atoms with Gasteiger partial charge in [-0.25, -0.2) is 0 Å². The molecule has 1 N–H and O–H groups in total. The first-order valence-electron chi connectivity index (χ1n) is 7.98. The van der Waals surface area contributed by atoms with Gasteiger partial charge >= 0.3 is 0 Å². The lowest BCUT2D eigenvalue weighted by Crippen LogP contribution is -2.33. The predicted octanol–water partition coefficient (Wildman–Crippen LogP) is 2.13. The van der Waals surface area contributed by atoms with E-state index in [2.05, 4.69) is 20.7 Å². The van der Waals surface area contributed by atoms with E-state index >= 15 is 0 Å². The van der Waals surface area contributed by atoms with Crippen molar-refractivity contribution in [2.45, 2.75) is 31.8 Å². The maximum Gasteiger partial charge on any atom is 0.244 e. The third kappa shape index (κ3) is 2.92. The fourth-order valence-corrected chi connectivity index (χ4v) is 3.02. The molecular weight excluding hydrogens is 306 g/mol. The Morgan fingerprint density at radius 1 is 1.29 bits per heavy atom. The number of amides is 1. The second-order valence-corrected chi connectivity index (χ2v) is 5.82. The summed E-state index contributed by atoms with van der Waals surface area (Å²) in [4.78, 5) is 13.6. The Morgan fingerprint density at radius 2 is 2.17 bits per heavy atom. The Hall–Kier alpha value is -2.96. The van der Waals surface area contributed by atoms with Crippen LogP contribution in [0.25, 0.3) is 11.4 Å². The van der Waals surface area contributed by atoms with Crippen molar-refractivity contribution >= 4 is 5.91 Å². The molecule has 0 saturated heterocycles. The number of furan rings is 1. The van der Waals surface area contributed by atoms with E-state index in [9.17, 15) is 4.79 Å². The number of fused-ring (bicyclic) bond motifs is 1. The first-order chi connectivity index (χ1) is 11.8. The minimum Gasteiger partial charge on any atom is -0.469 e. The highest BCUT2D eigenvalue weighted by atomic mass is 16.3. The van der Waals surface area contributed by atoms with E-state index in [1.807, 2.05) is 36.4 Å². The van der Waals surface area contributed by atoms with E-state index in [-0.39, 0.29) is 18.5 Å². The van der Waals surface area contributed by atoms with Crippen LogP contribution in [0.4, 0.5) is 0 Å². The molecule has 0 aliphatic heterocycles. The van der Waals surface area contributed by atoms with Crippen LogP contribution in [0.2, 0.25) is 0 Å². The molecule has 1 aliphatic rings. The molecule has 0 unspecified atom stereocenters. The van der Waals surface area contributed by atoms with Gasteiger partial charge in [0.15, 0.2) is 0 Å². The highest BCUT2D eigenvalue weighted by Crippen LogP contribution is 2.30. The van der Waals surface area contributed by atoms with Gasteiger partial charge in [-0.2, -0.15) is 4.80 Å². The van der Waals surface area contributed by atoms with Gasteiger partial charge in [0.2, 0.25) is 11.7 Å². The average molecular weight is 323 g/mol. The number of tetrazole rings is 1. The molecule has 0 bridgehead atoms. The van der Waals surface area contributed by atoms with E-state index in [0.717, 1.165) is 36.1 Å². The summed E-state index contributed by atoms with van der Waals surface area (Å²) in [5.74, 6) is 1.35. The minimum absolute atomic E-state index is 0.00267. The zero-order chi connectivity index (χ0) is 16.4. The second kappa shape index (κ2) is 6.27. The van der Waals surface area contributed by atoms with Gasteiger partial charge in [0.05, 0.1) is 12.3 Å². The average Bonchev–Trinajstić information content (AvgIpc) is 3.25. The van der Waals surface area contributed by atoms with Crippen molar-refractivity contribution < 1.29 is 9.21 Å². The number of hydrogen-bond donors (Lipinski definition) is 1. The van der Waals surface area contributed by atoms with Crippen molar-refractivity contribution in [2.75, 3.05) is 0 Å². The van der Waals surface area contributed by atoms with E-state index in [0.29, 0.717) is 5.82 Å². The lowest BCUT2D eigenvalue weighted by Gasteiger charge is -2.22. The van der Waals surface area contributed by atoms with Crippen molar-refractivity contribution in [3.05, 3.63) is 54.0 Å². The van der Waals surface area contributed by atoms with Crippen molar-refractivity contribution in [2.24, 2.45) is 0 Å². The minimum atomic E-state index is -0.133. The number of nitrogens with zero attached hydrogens (tertiary/aromatic N) is 4. The molecule has 7 nitrogen and oxygen atoms in total. The first kappa shape index (κ1) is 14.6. The van der Waals surface area contributed by atoms with Crippen LogP contribution >= 0.6 is 0 Å². The summed E-state index contributed by atoms with van der Waals surface area (Å²) in [7, 11) is 0. The van der Waals surface area contributed by atoms with E-state index in [1.165, 1.54) is 4.80 Å². The molecule has 1 aromatic carbocycles. The van der Waals surface area contributed by atoms with Crippen molar-refractivity contribution in [1.82, 2.24) is 25.5 Å². The van der Waals surface area contributed by atoms with Gasteiger partial charge < -0.3 is 9.73 Å². The van der Waals surface area contributed by atoms with Crippen molar-refractivity contribution in [3.8, 4) is 11.4 Å². The number of hydrogen-bond acceptors (Lipinski definition) is 5. The van der Waals surface area contributed by atoms with Crippen LogP contribution < -0.4 is 5.32 Å². The van der Waals surface area contributed by atoms with Crippen molar-refractivity contribution in [1.29, 1.82) is 0 Å². The lowest BCUT2D eigenvalue weighted by molar-refractivity contribution is -0.123. The van der Waals surface area contributed by atoms with Gasteiger partial charge in [-0.3, -0.25) is 4.79 Å². The smallest absolute Gasteiger partial charge is 0.244 e. The van der Waals surface area contributed by atoms with Gasteiger partial charge in [0, 0.05) is 17.5 Å². The van der Waals surface area contributed by atoms with Crippen LogP contribution in [-0.2, 0) is 17.8 Å². The molecule has 4 rings (SSSR count). The summed E-state index contributed by atoms with van der Waals surface area (Å²) >= 11 is 0. The zero-order valence-corrected chi connectivity index (χ0v) is 13.1. The van der Waals surface area contributed by atoms with E-state index < -0.39 is 0 Å². The molecule has 1 aliphatic carbocycles. The molecule has 0 fully saturated rings. The standard InChI is InChI=1S/C17H17N5O2/c23-16(18-14-7-4-8-15-13(14)9-10-24-15)11-22-20-17(19-21-22)12-5-2-1-3-6-12/h1-3,5-6,9-10,14H,4,7-8,11H2,(H,18,23)/t14-/m0/s1. The third-order valence-corrected chi connectivity index (χ3v) is 4.16. The zero-order valence-electron chi connectivity index (χ0n) is 13.1. The Labute approximate surface area is 138 Å².